The molecule has 0 fully saturated rings. The van der Waals surface area contributed by atoms with Gasteiger partial charge in [0.2, 0.25) is 0 Å². The largest absolute Gasteiger partial charge is 1.00 e. The van der Waals surface area contributed by atoms with E-state index in [4.69, 9.17) is 0 Å². The van der Waals surface area contributed by atoms with Gasteiger partial charge in [-0.2, -0.15) is 0 Å². The fraction of sp³-hybridized carbons (Fsp3) is 0.727. The van der Waals surface area contributed by atoms with E-state index in [2.05, 4.69) is 6.92 Å². The molecule has 0 aromatic rings. The molecule has 0 aliphatic carbocycles. The van der Waals surface area contributed by atoms with Crippen LogP contribution in [0.25, 0.3) is 0 Å². The summed E-state index contributed by atoms with van der Waals surface area (Å²) in [5.41, 5.74) is 0. The molecule has 104 valence electrons. The molecule has 0 rings (SSSR count). The first-order valence-corrected chi connectivity index (χ1v) is 5.15. The Morgan fingerprint density at radius 2 is 1.56 bits per heavy atom. The van der Waals surface area contributed by atoms with Gasteiger partial charge in [-0.05, 0) is 18.9 Å². The molecule has 2 nitrogen and oxygen atoms in total. The van der Waals surface area contributed by atoms with E-state index >= 15 is 0 Å². The van der Waals surface area contributed by atoms with Crippen molar-refractivity contribution < 1.29 is 67.1 Å². The molecule has 0 aromatic heterocycles. The molecule has 0 bridgehead atoms. The first-order valence-electron chi connectivity index (χ1n) is 5.15. The van der Waals surface area contributed by atoms with Crippen molar-refractivity contribution in [3.63, 3.8) is 0 Å². The van der Waals surface area contributed by atoms with Crippen molar-refractivity contribution >= 4 is 5.97 Å². The van der Waals surface area contributed by atoms with Crippen molar-refractivity contribution in [3.8, 4) is 0 Å². The third-order valence-corrected chi connectivity index (χ3v) is 1.98. The van der Waals surface area contributed by atoms with Gasteiger partial charge in [0.15, 0.2) is 0 Å². The molecular weight excluding hydrogens is 415 g/mol. The number of aliphatic carboxylic acids is 1. The Kier molecular flexibility index (Phi) is 34.2. The number of carboxylic acids is 1. The van der Waals surface area contributed by atoms with Crippen LogP contribution in [0.5, 0.6) is 0 Å². The molecule has 5 heteroatoms. The van der Waals surface area contributed by atoms with Gasteiger partial charge in [0.1, 0.15) is 0 Å². The number of carbonyl (C=O) groups excluding carboxylic acids is 1. The second-order valence-corrected chi connectivity index (χ2v) is 3.28. The van der Waals surface area contributed by atoms with E-state index in [0.29, 0.717) is 0 Å². The zero-order chi connectivity index (χ0) is 9.94. The average Bonchev–Trinajstić information content (AvgIpc) is 2.09. The summed E-state index contributed by atoms with van der Waals surface area (Å²) in [6.45, 7) is 2.20. The van der Waals surface area contributed by atoms with Gasteiger partial charge in [-0.3, -0.25) is 0 Å². The number of rotatable bonds is 8. The van der Waals surface area contributed by atoms with Crippen LogP contribution in [0.15, 0.2) is 12.2 Å². The molecule has 16 heavy (non-hydrogen) atoms. The number of unbranched alkanes of at least 4 members (excludes halogenated alkanes) is 6. The van der Waals surface area contributed by atoms with Gasteiger partial charge < -0.3 is 22.3 Å². The number of carboxylic acid groups (broad SMARTS) is 1. The van der Waals surface area contributed by atoms with Gasteiger partial charge in [-0.1, -0.05) is 45.1 Å². The molecule has 0 radical (unpaired) electrons. The van der Waals surface area contributed by atoms with Crippen LogP contribution < -0.4 is 17.5 Å². The van der Waals surface area contributed by atoms with E-state index in [1.807, 2.05) is 0 Å². The Morgan fingerprint density at radius 1 is 1.06 bits per heavy atom. The maximum atomic E-state index is 9.98. The molecule has 0 aromatic carbocycles. The number of allylic oxidation sites excluding steroid dienone is 1. The van der Waals surface area contributed by atoms with E-state index < -0.39 is 5.97 Å². The first kappa shape index (κ1) is 25.7. The van der Waals surface area contributed by atoms with Gasteiger partial charge >= 0.3 is 44.8 Å². The van der Waals surface area contributed by atoms with Crippen molar-refractivity contribution in [2.75, 3.05) is 0 Å². The van der Waals surface area contributed by atoms with Crippen LogP contribution in [0.1, 0.15) is 51.9 Å². The molecule has 0 atom stereocenters. The minimum absolute atomic E-state index is 0. The van der Waals surface area contributed by atoms with Gasteiger partial charge in [0.25, 0.3) is 0 Å². The summed E-state index contributed by atoms with van der Waals surface area (Å²) in [7, 11) is 0. The van der Waals surface area contributed by atoms with Crippen LogP contribution in [-0.2, 0) is 49.6 Å². The second kappa shape index (κ2) is 21.3. The van der Waals surface area contributed by atoms with E-state index in [1.165, 1.54) is 32.1 Å². The van der Waals surface area contributed by atoms with Crippen molar-refractivity contribution in [1.29, 1.82) is 0 Å². The Bertz CT molecular complexity index is 164. The van der Waals surface area contributed by atoms with Crippen LogP contribution in [0.2, 0.25) is 0 Å². The third-order valence-electron chi connectivity index (χ3n) is 1.98. The summed E-state index contributed by atoms with van der Waals surface area (Å²) in [5.74, 6) is -1.09. The maximum absolute atomic E-state index is 9.98. The van der Waals surface area contributed by atoms with E-state index in [1.54, 1.807) is 6.08 Å². The zero-order valence-corrected chi connectivity index (χ0v) is 13.1. The fourth-order valence-corrected chi connectivity index (χ4v) is 1.22. The molecule has 0 saturated heterocycles. The van der Waals surface area contributed by atoms with E-state index in [9.17, 15) is 9.90 Å². The SMILES string of the molecule is CCCCCCCCC=CC(=O)[O-].[Ag+].[Ag+].[Cl-]. The number of hydrogen-bond acceptors (Lipinski definition) is 2. The summed E-state index contributed by atoms with van der Waals surface area (Å²) in [5, 5.41) is 9.98. The van der Waals surface area contributed by atoms with E-state index in [0.717, 1.165) is 18.9 Å². The number of hydrogen-bond donors (Lipinski definition) is 0. The molecule has 0 spiro atoms. The van der Waals surface area contributed by atoms with Crippen molar-refractivity contribution in [3.05, 3.63) is 12.2 Å². The minimum atomic E-state index is -1.09. The van der Waals surface area contributed by atoms with Crippen LogP contribution in [0.3, 0.4) is 0 Å². The Balaban J connectivity index is -0.000000240. The molecule has 0 aliphatic rings. The molecule has 0 aliphatic heterocycles. The van der Waals surface area contributed by atoms with Crippen molar-refractivity contribution in [2.45, 2.75) is 51.9 Å². The smallest absolute Gasteiger partial charge is 1.00 e. The fourth-order valence-electron chi connectivity index (χ4n) is 1.22. The first-order chi connectivity index (χ1) is 6.27. The summed E-state index contributed by atoms with van der Waals surface area (Å²) in [6, 6.07) is 0. The maximum Gasteiger partial charge on any atom is 1.00 e. The topological polar surface area (TPSA) is 40.1 Å². The van der Waals surface area contributed by atoms with Crippen LogP contribution in [0.4, 0.5) is 0 Å². The standard InChI is InChI=1S/C11H20O2.2Ag.ClH/c1-2-3-4-5-6-7-8-9-10-11(12)13;;;/h9-10H,2-8H2,1H3,(H,12,13);;;1H/q;2*+1;/p-2. The van der Waals surface area contributed by atoms with Gasteiger partial charge in [0.05, 0.1) is 5.97 Å². The summed E-state index contributed by atoms with van der Waals surface area (Å²) in [6.07, 6.45) is 11.1. The van der Waals surface area contributed by atoms with Crippen molar-refractivity contribution in [2.24, 2.45) is 0 Å². The molecule has 0 N–H and O–H groups in total. The predicted molar refractivity (Wildman–Crippen MR) is 52.1 cm³/mol. The average molecular weight is 434 g/mol. The molecular formula is C11H19Ag2ClO2. The third kappa shape index (κ3) is 24.3. The quantitative estimate of drug-likeness (QED) is 0.281. The van der Waals surface area contributed by atoms with Crippen LogP contribution >= 0.6 is 0 Å². The zero-order valence-electron chi connectivity index (χ0n) is 9.40. The molecule has 0 amide bonds. The summed E-state index contributed by atoms with van der Waals surface area (Å²) in [4.78, 5) is 9.98. The van der Waals surface area contributed by atoms with Crippen LogP contribution in [0, 0.1) is 0 Å². The summed E-state index contributed by atoms with van der Waals surface area (Å²) < 4.78 is 0. The normalized spacial score (nSPS) is 8.81. The Morgan fingerprint density at radius 3 is 2.06 bits per heavy atom. The minimum Gasteiger partial charge on any atom is -1.00 e. The van der Waals surface area contributed by atoms with Gasteiger partial charge in [-0.15, -0.1) is 0 Å². The molecule has 0 heterocycles. The van der Waals surface area contributed by atoms with Gasteiger partial charge in [0, 0.05) is 0 Å². The molecule has 0 saturated carbocycles. The predicted octanol–water partition coefficient (Wildman–Crippen LogP) is -0.958. The van der Waals surface area contributed by atoms with Crippen molar-refractivity contribution in [1.82, 2.24) is 0 Å². The Hall–Kier alpha value is 0.981. The van der Waals surface area contributed by atoms with E-state index in [-0.39, 0.29) is 57.2 Å². The Labute approximate surface area is 136 Å². The molecule has 0 unspecified atom stereocenters. The summed E-state index contributed by atoms with van der Waals surface area (Å²) >= 11 is 0. The van der Waals surface area contributed by atoms with Gasteiger partial charge in [-0.25, -0.2) is 0 Å². The number of carbonyl (C=O) groups is 1. The number of halogens is 1. The monoisotopic (exact) mass is 432 g/mol. The van der Waals surface area contributed by atoms with Crippen LogP contribution in [-0.4, -0.2) is 5.97 Å². The second-order valence-electron chi connectivity index (χ2n) is 3.28.